The predicted molar refractivity (Wildman–Crippen MR) is 85.5 cm³/mol. The largest absolute Gasteiger partial charge is 0.320 e. The van der Waals surface area contributed by atoms with Crippen LogP contribution in [0.1, 0.15) is 40.8 Å². The molecule has 19 heavy (non-hydrogen) atoms. The third-order valence-electron chi connectivity index (χ3n) is 3.63. The Morgan fingerprint density at radius 3 is 2.26 bits per heavy atom. The van der Waals surface area contributed by atoms with Crippen LogP contribution in [0.15, 0.2) is 40.9 Å². The molecule has 2 N–H and O–H groups in total. The Labute approximate surface area is 124 Å². The molecule has 0 aliphatic rings. The van der Waals surface area contributed by atoms with E-state index in [0.29, 0.717) is 0 Å². The smallest absolute Gasteiger partial charge is 0.0554 e. The second kappa shape index (κ2) is 5.89. The van der Waals surface area contributed by atoms with Crippen molar-refractivity contribution in [3.8, 4) is 0 Å². The van der Waals surface area contributed by atoms with Crippen molar-refractivity contribution in [1.29, 1.82) is 0 Å². The first-order valence-electron chi connectivity index (χ1n) is 6.64. The molecule has 2 aromatic rings. The summed E-state index contributed by atoms with van der Waals surface area (Å²) in [7, 11) is 0. The molecule has 0 aliphatic carbocycles. The minimum Gasteiger partial charge on any atom is -0.320 e. The Morgan fingerprint density at radius 2 is 1.68 bits per heavy atom. The lowest BCUT2D eigenvalue weighted by Crippen LogP contribution is -2.13. The second-order valence-corrected chi connectivity index (χ2v) is 5.89. The van der Waals surface area contributed by atoms with E-state index in [4.69, 9.17) is 5.73 Å². The average molecular weight is 318 g/mol. The third-order valence-corrected chi connectivity index (χ3v) is 4.48. The summed E-state index contributed by atoms with van der Waals surface area (Å²) in [6.45, 7) is 6.37. The monoisotopic (exact) mass is 317 g/mol. The highest BCUT2D eigenvalue weighted by Gasteiger charge is 2.12. The van der Waals surface area contributed by atoms with E-state index in [-0.39, 0.29) is 6.04 Å². The lowest BCUT2D eigenvalue weighted by molar-refractivity contribution is 0.857. The number of hydrogen-bond donors (Lipinski definition) is 1. The normalized spacial score (nSPS) is 12.5. The molecule has 2 rings (SSSR count). The summed E-state index contributed by atoms with van der Waals surface area (Å²) in [5.74, 6) is 0. The molecule has 1 atom stereocenters. The van der Waals surface area contributed by atoms with Crippen LogP contribution in [0.5, 0.6) is 0 Å². The maximum atomic E-state index is 6.41. The van der Waals surface area contributed by atoms with E-state index in [1.54, 1.807) is 0 Å². The van der Waals surface area contributed by atoms with Gasteiger partial charge in [-0.15, -0.1) is 0 Å². The molecule has 2 heteroatoms. The molecule has 0 amide bonds. The van der Waals surface area contributed by atoms with Crippen LogP contribution in [-0.2, 0) is 6.42 Å². The van der Waals surface area contributed by atoms with Crippen molar-refractivity contribution in [3.05, 3.63) is 68.7 Å². The van der Waals surface area contributed by atoms with Crippen molar-refractivity contribution >= 4 is 15.9 Å². The fraction of sp³-hybridized carbons (Fsp3) is 0.294. The zero-order chi connectivity index (χ0) is 14.0. The van der Waals surface area contributed by atoms with Crippen LogP contribution in [0.25, 0.3) is 0 Å². The zero-order valence-electron chi connectivity index (χ0n) is 11.7. The van der Waals surface area contributed by atoms with Gasteiger partial charge in [-0.2, -0.15) is 0 Å². The first-order valence-corrected chi connectivity index (χ1v) is 7.43. The highest BCUT2D eigenvalue weighted by molar-refractivity contribution is 9.10. The Kier molecular flexibility index (Phi) is 4.43. The van der Waals surface area contributed by atoms with Crippen molar-refractivity contribution in [2.75, 3.05) is 0 Å². The second-order valence-electron chi connectivity index (χ2n) is 5.03. The minimum atomic E-state index is -0.0577. The first-order chi connectivity index (χ1) is 9.02. The SMILES string of the molecule is CCc1ccc(C(N)c2cc(C)c(Br)cc2C)cc1. The quantitative estimate of drug-likeness (QED) is 0.874. The molecule has 0 saturated heterocycles. The van der Waals surface area contributed by atoms with Gasteiger partial charge in [-0.1, -0.05) is 53.2 Å². The van der Waals surface area contributed by atoms with Gasteiger partial charge < -0.3 is 5.73 Å². The van der Waals surface area contributed by atoms with E-state index >= 15 is 0 Å². The van der Waals surface area contributed by atoms with Crippen LogP contribution < -0.4 is 5.73 Å². The summed E-state index contributed by atoms with van der Waals surface area (Å²) in [4.78, 5) is 0. The van der Waals surface area contributed by atoms with Gasteiger partial charge in [-0.25, -0.2) is 0 Å². The molecular weight excluding hydrogens is 298 g/mol. The van der Waals surface area contributed by atoms with E-state index in [0.717, 1.165) is 10.9 Å². The highest BCUT2D eigenvalue weighted by atomic mass is 79.9. The Bertz CT molecular complexity index is 573. The molecule has 0 saturated carbocycles. The van der Waals surface area contributed by atoms with Gasteiger partial charge in [0.05, 0.1) is 6.04 Å². The summed E-state index contributed by atoms with van der Waals surface area (Å²) < 4.78 is 1.14. The fourth-order valence-corrected chi connectivity index (χ4v) is 2.74. The molecule has 0 spiro atoms. The van der Waals surface area contributed by atoms with E-state index in [2.05, 4.69) is 73.1 Å². The number of benzene rings is 2. The summed E-state index contributed by atoms with van der Waals surface area (Å²) in [6.07, 6.45) is 1.06. The van der Waals surface area contributed by atoms with Crippen LogP contribution >= 0.6 is 15.9 Å². The lowest BCUT2D eigenvalue weighted by atomic mass is 9.93. The van der Waals surface area contributed by atoms with Gasteiger partial charge in [-0.05, 0) is 54.2 Å². The lowest BCUT2D eigenvalue weighted by Gasteiger charge is -2.17. The molecule has 0 radical (unpaired) electrons. The van der Waals surface area contributed by atoms with E-state index in [1.165, 1.54) is 27.8 Å². The highest BCUT2D eigenvalue weighted by Crippen LogP contribution is 2.28. The molecule has 1 unspecified atom stereocenters. The number of aryl methyl sites for hydroxylation is 3. The first kappa shape index (κ1) is 14.3. The summed E-state index contributed by atoms with van der Waals surface area (Å²) in [6, 6.07) is 12.9. The van der Waals surface area contributed by atoms with Gasteiger partial charge in [0.25, 0.3) is 0 Å². The number of rotatable bonds is 3. The van der Waals surface area contributed by atoms with Gasteiger partial charge in [0.1, 0.15) is 0 Å². The van der Waals surface area contributed by atoms with Crippen molar-refractivity contribution < 1.29 is 0 Å². The molecular formula is C17H20BrN. The minimum absolute atomic E-state index is 0.0577. The van der Waals surface area contributed by atoms with Crippen molar-refractivity contribution in [2.45, 2.75) is 33.2 Å². The van der Waals surface area contributed by atoms with Gasteiger partial charge in [-0.3, -0.25) is 0 Å². The molecule has 0 aromatic heterocycles. The molecule has 0 heterocycles. The van der Waals surface area contributed by atoms with Crippen molar-refractivity contribution in [3.63, 3.8) is 0 Å². The number of hydrogen-bond acceptors (Lipinski definition) is 1. The maximum absolute atomic E-state index is 6.41. The van der Waals surface area contributed by atoms with Crippen molar-refractivity contribution in [1.82, 2.24) is 0 Å². The van der Waals surface area contributed by atoms with E-state index in [1.807, 2.05) is 0 Å². The van der Waals surface area contributed by atoms with E-state index in [9.17, 15) is 0 Å². The molecule has 0 bridgehead atoms. The third kappa shape index (κ3) is 3.07. The molecule has 0 aliphatic heterocycles. The molecule has 1 nitrogen and oxygen atoms in total. The Balaban J connectivity index is 2.37. The average Bonchev–Trinajstić information content (AvgIpc) is 2.42. The van der Waals surface area contributed by atoms with Crippen LogP contribution in [0, 0.1) is 13.8 Å². The van der Waals surface area contributed by atoms with Crippen LogP contribution in [-0.4, -0.2) is 0 Å². The Morgan fingerprint density at radius 1 is 1.05 bits per heavy atom. The fourth-order valence-electron chi connectivity index (χ4n) is 2.28. The Hall–Kier alpha value is -1.12. The van der Waals surface area contributed by atoms with Crippen LogP contribution in [0.3, 0.4) is 0 Å². The summed E-state index contributed by atoms with van der Waals surface area (Å²) in [5, 5.41) is 0. The maximum Gasteiger partial charge on any atom is 0.0554 e. The molecule has 100 valence electrons. The van der Waals surface area contributed by atoms with Gasteiger partial charge in [0.2, 0.25) is 0 Å². The zero-order valence-corrected chi connectivity index (χ0v) is 13.3. The number of nitrogens with two attached hydrogens (primary N) is 1. The van der Waals surface area contributed by atoms with Gasteiger partial charge >= 0.3 is 0 Å². The number of halogens is 1. The molecule has 0 fully saturated rings. The van der Waals surface area contributed by atoms with Gasteiger partial charge in [0.15, 0.2) is 0 Å². The van der Waals surface area contributed by atoms with Gasteiger partial charge in [0, 0.05) is 4.47 Å². The van der Waals surface area contributed by atoms with Crippen LogP contribution in [0.2, 0.25) is 0 Å². The van der Waals surface area contributed by atoms with Crippen molar-refractivity contribution in [2.24, 2.45) is 5.73 Å². The predicted octanol–water partition coefficient (Wildman–Crippen LogP) is 4.68. The standard InChI is InChI=1S/C17H20BrN/c1-4-13-5-7-14(8-6-13)17(19)15-9-12(3)16(18)10-11(15)2/h5-10,17H,4,19H2,1-3H3. The summed E-state index contributed by atoms with van der Waals surface area (Å²) in [5.41, 5.74) is 12.6. The van der Waals surface area contributed by atoms with E-state index < -0.39 is 0 Å². The summed E-state index contributed by atoms with van der Waals surface area (Å²) >= 11 is 3.56. The molecule has 2 aromatic carbocycles. The topological polar surface area (TPSA) is 26.0 Å². The van der Waals surface area contributed by atoms with Crippen LogP contribution in [0.4, 0.5) is 0 Å².